The maximum atomic E-state index is 12.5. The van der Waals surface area contributed by atoms with E-state index in [1.807, 2.05) is 0 Å². The Morgan fingerprint density at radius 3 is 2.60 bits per heavy atom. The molecule has 1 aliphatic heterocycles. The van der Waals surface area contributed by atoms with Gasteiger partial charge in [-0.25, -0.2) is 0 Å². The molecule has 108 valence electrons. The van der Waals surface area contributed by atoms with Crippen molar-refractivity contribution in [2.45, 2.75) is 19.5 Å². The molecule has 0 spiro atoms. The lowest BCUT2D eigenvalue weighted by molar-refractivity contribution is -0.0957. The fraction of sp³-hybridized carbons (Fsp3) is 0.357. The van der Waals surface area contributed by atoms with E-state index >= 15 is 0 Å². The maximum Gasteiger partial charge on any atom is 0.412 e. The number of amides is 1. The number of aromatic hydroxyl groups is 1. The van der Waals surface area contributed by atoms with Crippen LogP contribution in [0.15, 0.2) is 29.8 Å². The van der Waals surface area contributed by atoms with Crippen LogP contribution in [0, 0.1) is 6.92 Å². The third kappa shape index (κ3) is 2.79. The number of nitrogens with zero attached hydrogens (tertiary/aromatic N) is 1. The molecule has 20 heavy (non-hydrogen) atoms. The summed E-state index contributed by atoms with van der Waals surface area (Å²) in [6.45, 7) is 1.56. The number of rotatable bonds is 1. The van der Waals surface area contributed by atoms with Gasteiger partial charge in [-0.2, -0.15) is 13.2 Å². The van der Waals surface area contributed by atoms with Crippen molar-refractivity contribution in [3.63, 3.8) is 0 Å². The number of hydrogen-bond donors (Lipinski definition) is 1. The minimum atomic E-state index is -4.33. The standard InChI is InChI=1S/C14H14F3NO2/c1-9-3-2-4-11(12(9)19)13(20)18-7-5-10(6-8-18)14(15,16)17/h2-5,19H,6-8H2,1H3. The van der Waals surface area contributed by atoms with Crippen molar-refractivity contribution in [3.05, 3.63) is 41.0 Å². The predicted molar refractivity (Wildman–Crippen MR) is 67.5 cm³/mol. The van der Waals surface area contributed by atoms with Gasteiger partial charge in [-0.05, 0) is 25.0 Å². The van der Waals surface area contributed by atoms with E-state index in [4.69, 9.17) is 0 Å². The first-order chi connectivity index (χ1) is 9.30. The molecule has 0 saturated heterocycles. The molecular weight excluding hydrogens is 271 g/mol. The van der Waals surface area contributed by atoms with Gasteiger partial charge in [0.05, 0.1) is 5.56 Å². The van der Waals surface area contributed by atoms with Gasteiger partial charge in [0.15, 0.2) is 0 Å². The normalized spacial score (nSPS) is 16.0. The molecule has 0 aliphatic carbocycles. The van der Waals surface area contributed by atoms with Gasteiger partial charge in [-0.3, -0.25) is 4.79 Å². The number of hydrogen-bond acceptors (Lipinski definition) is 2. The predicted octanol–water partition coefficient (Wildman–Crippen LogP) is 3.04. The van der Waals surface area contributed by atoms with Crippen molar-refractivity contribution in [3.8, 4) is 5.75 Å². The zero-order valence-electron chi connectivity index (χ0n) is 10.9. The van der Waals surface area contributed by atoms with Crippen molar-refractivity contribution < 1.29 is 23.1 Å². The van der Waals surface area contributed by atoms with Gasteiger partial charge in [-0.1, -0.05) is 18.2 Å². The Balaban J connectivity index is 2.17. The highest BCUT2D eigenvalue weighted by Gasteiger charge is 2.35. The number of carbonyl (C=O) groups excluding carboxylic acids is 1. The van der Waals surface area contributed by atoms with Gasteiger partial charge in [0.2, 0.25) is 0 Å². The molecule has 2 rings (SSSR count). The van der Waals surface area contributed by atoms with Gasteiger partial charge < -0.3 is 10.0 Å². The van der Waals surface area contributed by atoms with E-state index in [-0.39, 0.29) is 30.8 Å². The molecule has 3 nitrogen and oxygen atoms in total. The summed E-state index contributed by atoms with van der Waals surface area (Å²) in [6.07, 6.45) is -3.53. The molecule has 1 aliphatic rings. The molecule has 0 fully saturated rings. The SMILES string of the molecule is Cc1cccc(C(=O)N2CC=C(C(F)(F)F)CC2)c1O. The Morgan fingerprint density at radius 2 is 2.05 bits per heavy atom. The van der Waals surface area contributed by atoms with E-state index in [9.17, 15) is 23.1 Å². The number of benzene rings is 1. The van der Waals surface area contributed by atoms with Crippen LogP contribution in [-0.2, 0) is 0 Å². The lowest BCUT2D eigenvalue weighted by Crippen LogP contribution is -2.36. The molecule has 1 aromatic carbocycles. The summed E-state index contributed by atoms with van der Waals surface area (Å²) >= 11 is 0. The largest absolute Gasteiger partial charge is 0.507 e. The van der Waals surface area contributed by atoms with E-state index in [0.717, 1.165) is 6.08 Å². The van der Waals surface area contributed by atoms with Crippen LogP contribution >= 0.6 is 0 Å². The fourth-order valence-electron chi connectivity index (χ4n) is 2.11. The van der Waals surface area contributed by atoms with Crippen LogP contribution in [-0.4, -0.2) is 35.2 Å². The zero-order chi connectivity index (χ0) is 14.9. The van der Waals surface area contributed by atoms with Gasteiger partial charge in [0.1, 0.15) is 5.75 Å². The Hall–Kier alpha value is -1.98. The van der Waals surface area contributed by atoms with Crippen molar-refractivity contribution in [1.29, 1.82) is 0 Å². The fourth-order valence-corrected chi connectivity index (χ4v) is 2.11. The van der Waals surface area contributed by atoms with Gasteiger partial charge in [-0.15, -0.1) is 0 Å². The molecular formula is C14H14F3NO2. The summed E-state index contributed by atoms with van der Waals surface area (Å²) in [7, 11) is 0. The summed E-state index contributed by atoms with van der Waals surface area (Å²) in [5, 5.41) is 9.84. The zero-order valence-corrected chi connectivity index (χ0v) is 10.9. The van der Waals surface area contributed by atoms with Crippen LogP contribution in [0.1, 0.15) is 22.3 Å². The number of phenolic OH excluding ortho intramolecular Hbond substituents is 1. The summed E-state index contributed by atoms with van der Waals surface area (Å²) in [5.41, 5.74) is 0.0725. The van der Waals surface area contributed by atoms with Crippen molar-refractivity contribution in [1.82, 2.24) is 4.90 Å². The van der Waals surface area contributed by atoms with Gasteiger partial charge in [0.25, 0.3) is 5.91 Å². The second-order valence-electron chi connectivity index (χ2n) is 4.70. The van der Waals surface area contributed by atoms with Gasteiger partial charge in [0, 0.05) is 18.7 Å². The monoisotopic (exact) mass is 285 g/mol. The molecule has 1 amide bonds. The second-order valence-corrected chi connectivity index (χ2v) is 4.70. The highest BCUT2D eigenvalue weighted by atomic mass is 19.4. The van der Waals surface area contributed by atoms with Crippen LogP contribution in [0.4, 0.5) is 13.2 Å². The molecule has 0 unspecified atom stereocenters. The minimum absolute atomic E-state index is 0.00242. The first-order valence-electron chi connectivity index (χ1n) is 6.15. The Labute approximate surface area is 114 Å². The minimum Gasteiger partial charge on any atom is -0.507 e. The van der Waals surface area contributed by atoms with E-state index in [1.54, 1.807) is 19.1 Å². The lowest BCUT2D eigenvalue weighted by Gasteiger charge is -2.27. The topological polar surface area (TPSA) is 40.5 Å². The number of carbonyl (C=O) groups is 1. The molecule has 1 heterocycles. The van der Waals surface area contributed by atoms with Crippen LogP contribution in [0.5, 0.6) is 5.75 Å². The summed E-state index contributed by atoms with van der Waals surface area (Å²) in [5.74, 6) is -0.577. The highest BCUT2D eigenvalue weighted by molar-refractivity contribution is 5.97. The van der Waals surface area contributed by atoms with E-state index in [0.29, 0.717) is 5.56 Å². The third-order valence-electron chi connectivity index (χ3n) is 3.33. The van der Waals surface area contributed by atoms with Crippen LogP contribution in [0.25, 0.3) is 0 Å². The Morgan fingerprint density at radius 1 is 1.35 bits per heavy atom. The first-order valence-corrected chi connectivity index (χ1v) is 6.15. The molecule has 0 aromatic heterocycles. The van der Waals surface area contributed by atoms with E-state index < -0.39 is 17.7 Å². The summed E-state index contributed by atoms with van der Waals surface area (Å²) in [4.78, 5) is 13.5. The van der Waals surface area contributed by atoms with Crippen molar-refractivity contribution in [2.75, 3.05) is 13.1 Å². The number of halogens is 3. The number of aryl methyl sites for hydroxylation is 1. The van der Waals surface area contributed by atoms with E-state index in [1.165, 1.54) is 11.0 Å². The van der Waals surface area contributed by atoms with Gasteiger partial charge >= 0.3 is 6.18 Å². The molecule has 1 N–H and O–H groups in total. The smallest absolute Gasteiger partial charge is 0.412 e. The first kappa shape index (κ1) is 14.4. The summed E-state index contributed by atoms with van der Waals surface area (Å²) < 4.78 is 37.5. The quantitative estimate of drug-likeness (QED) is 0.806. The molecule has 0 radical (unpaired) electrons. The Bertz CT molecular complexity index is 564. The number of phenols is 1. The average molecular weight is 285 g/mol. The Kier molecular flexibility index (Phi) is 3.74. The third-order valence-corrected chi connectivity index (χ3v) is 3.33. The average Bonchev–Trinajstić information content (AvgIpc) is 2.40. The number of alkyl halides is 3. The maximum absolute atomic E-state index is 12.5. The van der Waals surface area contributed by atoms with E-state index in [2.05, 4.69) is 0 Å². The van der Waals surface area contributed by atoms with Crippen LogP contribution in [0.2, 0.25) is 0 Å². The molecule has 6 heteroatoms. The molecule has 0 saturated carbocycles. The lowest BCUT2D eigenvalue weighted by atomic mass is 10.0. The molecule has 0 bridgehead atoms. The number of para-hydroxylation sites is 1. The second kappa shape index (κ2) is 5.19. The highest BCUT2D eigenvalue weighted by Crippen LogP contribution is 2.31. The summed E-state index contributed by atoms with van der Waals surface area (Å²) in [6, 6.07) is 4.75. The molecule has 0 atom stereocenters. The van der Waals surface area contributed by atoms with Crippen LogP contribution < -0.4 is 0 Å². The molecule has 1 aromatic rings. The van der Waals surface area contributed by atoms with Crippen molar-refractivity contribution in [2.24, 2.45) is 0 Å². The van der Waals surface area contributed by atoms with Crippen molar-refractivity contribution >= 4 is 5.91 Å². The van der Waals surface area contributed by atoms with Crippen LogP contribution in [0.3, 0.4) is 0 Å².